The van der Waals surface area contributed by atoms with Gasteiger partial charge < -0.3 is 15.5 Å². The van der Waals surface area contributed by atoms with Crippen LogP contribution in [0, 0.1) is 5.41 Å². The van der Waals surface area contributed by atoms with Crippen LogP contribution in [0.2, 0.25) is 10.0 Å². The smallest absolute Gasteiger partial charge is 0.239 e. The number of hydrogen-bond acceptors (Lipinski definition) is 3. The molecule has 0 aliphatic heterocycles. The van der Waals surface area contributed by atoms with E-state index in [0.29, 0.717) is 21.4 Å². The van der Waals surface area contributed by atoms with E-state index in [2.05, 4.69) is 10.6 Å². The minimum atomic E-state index is -1.30. The summed E-state index contributed by atoms with van der Waals surface area (Å²) in [4.78, 5) is 27.1. The monoisotopic (exact) mass is 393 g/mol. The number of halogens is 2. The average Bonchev–Trinajstić information content (AvgIpc) is 2.57. The standard InChI is InChI=1S/C19H21Cl2N3O2/c1-19(2,18(26)23-16-10-5-12(20)11-15(16)21)17(25)22-13-6-8-14(9-7-13)24(3)4/h5-11H,1-4H3,(H,22,25)(H,23,26). The van der Waals surface area contributed by atoms with Crippen molar-refractivity contribution in [3.8, 4) is 0 Å². The van der Waals surface area contributed by atoms with Gasteiger partial charge in [0.1, 0.15) is 5.41 Å². The number of hydrogen-bond donors (Lipinski definition) is 2. The third-order valence-corrected chi connectivity index (χ3v) is 4.50. The van der Waals surface area contributed by atoms with Crippen LogP contribution in [-0.4, -0.2) is 25.9 Å². The Labute approximate surface area is 163 Å². The highest BCUT2D eigenvalue weighted by Gasteiger charge is 2.36. The Morgan fingerprint density at radius 1 is 0.923 bits per heavy atom. The molecule has 0 atom stereocenters. The maximum atomic E-state index is 12.6. The number of nitrogens with one attached hydrogen (secondary N) is 2. The van der Waals surface area contributed by atoms with E-state index >= 15 is 0 Å². The van der Waals surface area contributed by atoms with Crippen LogP contribution in [0.4, 0.5) is 17.1 Å². The summed E-state index contributed by atoms with van der Waals surface area (Å²) in [5.74, 6) is -0.887. The molecule has 0 aliphatic rings. The van der Waals surface area contributed by atoms with E-state index in [9.17, 15) is 9.59 Å². The first-order valence-electron chi connectivity index (χ1n) is 7.96. The Morgan fingerprint density at radius 2 is 1.50 bits per heavy atom. The normalized spacial score (nSPS) is 11.0. The van der Waals surface area contributed by atoms with Crippen molar-refractivity contribution < 1.29 is 9.59 Å². The van der Waals surface area contributed by atoms with Gasteiger partial charge in [0.05, 0.1) is 10.7 Å². The second kappa shape index (κ2) is 7.98. The minimum absolute atomic E-state index is 0.307. The van der Waals surface area contributed by atoms with Crippen molar-refractivity contribution in [2.75, 3.05) is 29.6 Å². The molecule has 0 radical (unpaired) electrons. The number of anilines is 3. The molecule has 0 fully saturated rings. The van der Waals surface area contributed by atoms with Crippen LogP contribution in [-0.2, 0) is 9.59 Å². The highest BCUT2D eigenvalue weighted by Crippen LogP contribution is 2.28. The van der Waals surface area contributed by atoms with Gasteiger partial charge in [-0.2, -0.15) is 0 Å². The van der Waals surface area contributed by atoms with Gasteiger partial charge in [0.2, 0.25) is 11.8 Å². The Bertz CT molecular complexity index is 818. The van der Waals surface area contributed by atoms with E-state index in [1.807, 2.05) is 31.1 Å². The summed E-state index contributed by atoms with van der Waals surface area (Å²) in [6, 6.07) is 12.1. The molecule has 2 aromatic rings. The summed E-state index contributed by atoms with van der Waals surface area (Å²) in [6.45, 7) is 3.10. The van der Waals surface area contributed by atoms with Gasteiger partial charge in [0.15, 0.2) is 0 Å². The number of benzene rings is 2. The first-order chi connectivity index (χ1) is 12.1. The second-order valence-corrected chi connectivity index (χ2v) is 7.44. The molecule has 2 aromatic carbocycles. The number of carbonyl (C=O) groups is 2. The van der Waals surface area contributed by atoms with Gasteiger partial charge in [0.25, 0.3) is 0 Å². The quantitative estimate of drug-likeness (QED) is 0.725. The van der Waals surface area contributed by atoms with E-state index in [1.165, 1.54) is 6.07 Å². The molecule has 26 heavy (non-hydrogen) atoms. The first-order valence-corrected chi connectivity index (χ1v) is 8.72. The predicted molar refractivity (Wildman–Crippen MR) is 108 cm³/mol. The summed E-state index contributed by atoms with van der Waals surface area (Å²) in [6.07, 6.45) is 0. The zero-order chi connectivity index (χ0) is 19.5. The van der Waals surface area contributed by atoms with E-state index in [4.69, 9.17) is 23.2 Å². The fraction of sp³-hybridized carbons (Fsp3) is 0.263. The summed E-state index contributed by atoms with van der Waals surface area (Å²) in [7, 11) is 3.87. The number of amides is 2. The Hall–Kier alpha value is -2.24. The van der Waals surface area contributed by atoms with Crippen LogP contribution in [0.5, 0.6) is 0 Å². The molecule has 0 spiro atoms. The third-order valence-electron chi connectivity index (χ3n) is 3.96. The molecule has 0 saturated heterocycles. The molecular formula is C19H21Cl2N3O2. The van der Waals surface area contributed by atoms with E-state index < -0.39 is 17.2 Å². The SMILES string of the molecule is CN(C)c1ccc(NC(=O)C(C)(C)C(=O)Nc2ccc(Cl)cc2Cl)cc1. The highest BCUT2D eigenvalue weighted by molar-refractivity contribution is 6.36. The first kappa shape index (κ1) is 20.1. The van der Waals surface area contributed by atoms with Crippen LogP contribution in [0.3, 0.4) is 0 Å². The molecule has 0 aliphatic carbocycles. The van der Waals surface area contributed by atoms with Crippen LogP contribution in [0.25, 0.3) is 0 Å². The molecule has 7 heteroatoms. The lowest BCUT2D eigenvalue weighted by atomic mass is 9.90. The van der Waals surface area contributed by atoms with Crippen LogP contribution in [0.15, 0.2) is 42.5 Å². The molecule has 5 nitrogen and oxygen atoms in total. The zero-order valence-corrected chi connectivity index (χ0v) is 16.6. The largest absolute Gasteiger partial charge is 0.378 e. The zero-order valence-electron chi connectivity index (χ0n) is 15.1. The molecule has 2 amide bonds. The molecule has 0 unspecified atom stereocenters. The Kier molecular flexibility index (Phi) is 6.16. The van der Waals surface area contributed by atoms with Crippen LogP contribution in [0.1, 0.15) is 13.8 Å². The molecule has 2 rings (SSSR count). The van der Waals surface area contributed by atoms with Gasteiger partial charge in [-0.1, -0.05) is 23.2 Å². The van der Waals surface area contributed by atoms with Gasteiger partial charge in [-0.25, -0.2) is 0 Å². The van der Waals surface area contributed by atoms with Crippen molar-refractivity contribution in [3.63, 3.8) is 0 Å². The maximum Gasteiger partial charge on any atom is 0.239 e. The lowest BCUT2D eigenvalue weighted by Crippen LogP contribution is -2.41. The van der Waals surface area contributed by atoms with Crippen molar-refractivity contribution in [1.82, 2.24) is 0 Å². The molecular weight excluding hydrogens is 373 g/mol. The van der Waals surface area contributed by atoms with Crippen molar-refractivity contribution in [1.29, 1.82) is 0 Å². The third kappa shape index (κ3) is 4.68. The fourth-order valence-electron chi connectivity index (χ4n) is 2.10. The summed E-state index contributed by atoms with van der Waals surface area (Å²) in [5, 5.41) is 6.21. The van der Waals surface area contributed by atoms with Gasteiger partial charge in [0, 0.05) is 30.5 Å². The van der Waals surface area contributed by atoms with Crippen molar-refractivity contribution in [2.24, 2.45) is 5.41 Å². The van der Waals surface area contributed by atoms with Gasteiger partial charge >= 0.3 is 0 Å². The number of carbonyl (C=O) groups excluding carboxylic acids is 2. The maximum absolute atomic E-state index is 12.6. The lowest BCUT2D eigenvalue weighted by Gasteiger charge is -2.23. The molecule has 0 bridgehead atoms. The van der Waals surface area contributed by atoms with Crippen molar-refractivity contribution in [2.45, 2.75) is 13.8 Å². The summed E-state index contributed by atoms with van der Waals surface area (Å²) >= 11 is 11.9. The molecule has 138 valence electrons. The Balaban J connectivity index is 2.09. The van der Waals surface area contributed by atoms with Crippen LogP contribution >= 0.6 is 23.2 Å². The lowest BCUT2D eigenvalue weighted by molar-refractivity contribution is -0.135. The second-order valence-electron chi connectivity index (χ2n) is 6.60. The van der Waals surface area contributed by atoms with Gasteiger partial charge in [-0.05, 0) is 56.3 Å². The predicted octanol–water partition coefficient (Wildman–Crippen LogP) is 4.66. The number of nitrogens with zero attached hydrogens (tertiary/aromatic N) is 1. The molecule has 0 saturated carbocycles. The van der Waals surface area contributed by atoms with Gasteiger partial charge in [-0.3, -0.25) is 9.59 Å². The summed E-state index contributed by atoms with van der Waals surface area (Å²) in [5.41, 5.74) is 0.726. The van der Waals surface area contributed by atoms with Crippen molar-refractivity contribution in [3.05, 3.63) is 52.5 Å². The highest BCUT2D eigenvalue weighted by atomic mass is 35.5. The minimum Gasteiger partial charge on any atom is -0.378 e. The fourth-order valence-corrected chi connectivity index (χ4v) is 2.56. The van der Waals surface area contributed by atoms with Gasteiger partial charge in [-0.15, -0.1) is 0 Å². The van der Waals surface area contributed by atoms with E-state index in [1.54, 1.807) is 38.1 Å². The Morgan fingerprint density at radius 3 is 2.04 bits per heavy atom. The van der Waals surface area contributed by atoms with E-state index in [-0.39, 0.29) is 0 Å². The average molecular weight is 394 g/mol. The molecule has 0 heterocycles. The number of rotatable bonds is 5. The van der Waals surface area contributed by atoms with E-state index in [0.717, 1.165) is 5.69 Å². The topological polar surface area (TPSA) is 61.4 Å². The molecule has 0 aromatic heterocycles. The molecule has 2 N–H and O–H groups in total. The van der Waals surface area contributed by atoms with Crippen molar-refractivity contribution >= 4 is 52.1 Å². The van der Waals surface area contributed by atoms with Crippen LogP contribution < -0.4 is 15.5 Å². The summed E-state index contributed by atoms with van der Waals surface area (Å²) < 4.78 is 0.